The molecule has 3 nitrogen and oxygen atoms in total. The Morgan fingerprint density at radius 3 is 1.94 bits per heavy atom. The van der Waals surface area contributed by atoms with Crippen LogP contribution in [0.25, 0.3) is 0 Å². The number of hydrogen-bond donors (Lipinski definition) is 0. The molecule has 1 amide bonds. The molecule has 0 aromatic heterocycles. The van der Waals surface area contributed by atoms with Crippen LogP contribution in [0.1, 0.15) is 27.7 Å². The molecule has 0 atom stereocenters. The number of rotatable bonds is 3. The largest absolute Gasteiger partial charge is 1.00 e. The van der Waals surface area contributed by atoms with Gasteiger partial charge < -0.3 is 15.2 Å². The summed E-state index contributed by atoms with van der Waals surface area (Å²) >= 11 is 0. The fourth-order valence-electron chi connectivity index (χ4n) is 1.40. The van der Waals surface area contributed by atoms with E-state index in [1.807, 2.05) is 27.7 Å². The van der Waals surface area contributed by atoms with Crippen molar-refractivity contribution in [3.8, 4) is 11.5 Å². The van der Waals surface area contributed by atoms with Gasteiger partial charge in [-0.25, -0.2) is 4.79 Å². The molecule has 0 fully saturated rings. The van der Waals surface area contributed by atoms with E-state index in [2.05, 4.69) is 31.1 Å². The van der Waals surface area contributed by atoms with E-state index in [4.69, 9.17) is 4.74 Å². The van der Waals surface area contributed by atoms with Crippen LogP contribution in [0.3, 0.4) is 0 Å². The number of ether oxygens (including phenoxy) is 1. The molecule has 0 saturated heterocycles. The normalized spacial score (nSPS) is 10.3. The van der Waals surface area contributed by atoms with Gasteiger partial charge >= 0.3 is 25.0 Å². The first-order chi connectivity index (χ1) is 7.65. The van der Waals surface area contributed by atoms with E-state index in [1.54, 1.807) is 4.90 Å². The summed E-state index contributed by atoms with van der Waals surface area (Å²) < 4.78 is 5.03. The van der Waals surface area contributed by atoms with Gasteiger partial charge in [0.2, 0.25) is 0 Å². The molecule has 98 valence electrons. The van der Waals surface area contributed by atoms with Gasteiger partial charge in [-0.1, -0.05) is 19.6 Å². The third-order valence-electron chi connectivity index (χ3n) is 1.99. The molecule has 0 saturated carbocycles. The van der Waals surface area contributed by atoms with E-state index in [1.165, 1.54) is 6.61 Å². The summed E-state index contributed by atoms with van der Waals surface area (Å²) in [5.41, 5.74) is 3.11. The van der Waals surface area contributed by atoms with Gasteiger partial charge in [-0.2, -0.15) is 0 Å². The third kappa shape index (κ3) is 8.58. The summed E-state index contributed by atoms with van der Waals surface area (Å²) in [6.45, 7) is 15.6. The van der Waals surface area contributed by atoms with Crippen molar-refractivity contribution in [2.75, 3.05) is 0 Å². The van der Waals surface area contributed by atoms with Gasteiger partial charge in [-0.3, -0.25) is 5.92 Å². The van der Waals surface area contributed by atoms with E-state index in [-0.39, 0.29) is 37.0 Å². The van der Waals surface area contributed by atoms with Crippen molar-refractivity contribution < 1.29 is 28.4 Å². The SMILES string of the molecule is CC(C)N(C(=O)O[CH-]C#C[Si](C)(C)C)C(C)C.[Li+]. The minimum absolute atomic E-state index is 0. The van der Waals surface area contributed by atoms with Crippen molar-refractivity contribution in [2.24, 2.45) is 0 Å². The van der Waals surface area contributed by atoms with Gasteiger partial charge in [0.15, 0.2) is 0 Å². The Morgan fingerprint density at radius 2 is 1.61 bits per heavy atom. The number of hydrogen-bond acceptors (Lipinski definition) is 2. The summed E-state index contributed by atoms with van der Waals surface area (Å²) in [5, 5.41) is 0. The van der Waals surface area contributed by atoms with Crippen molar-refractivity contribution in [1.29, 1.82) is 0 Å². The number of carbonyl (C=O) groups is 1. The van der Waals surface area contributed by atoms with Crippen LogP contribution < -0.4 is 18.9 Å². The van der Waals surface area contributed by atoms with Gasteiger partial charge in [-0.05, 0) is 34.3 Å². The van der Waals surface area contributed by atoms with Crippen LogP contribution in [0.5, 0.6) is 0 Å². The minimum Gasteiger partial charge on any atom is -0.503 e. The fraction of sp³-hybridized carbons (Fsp3) is 0.692. The monoisotopic (exact) mass is 261 g/mol. The average Bonchev–Trinajstić information content (AvgIpc) is 2.09. The number of carbonyl (C=O) groups excluding carboxylic acids is 1. The van der Waals surface area contributed by atoms with Gasteiger partial charge in [0.1, 0.15) is 0 Å². The Hall–Kier alpha value is -0.486. The zero-order chi connectivity index (χ0) is 13.6. The zero-order valence-corrected chi connectivity index (χ0v) is 14.0. The Morgan fingerprint density at radius 1 is 1.17 bits per heavy atom. The summed E-state index contributed by atoms with van der Waals surface area (Å²) in [6.07, 6.45) is -0.333. The predicted octanol–water partition coefficient (Wildman–Crippen LogP) is 0.288. The fourth-order valence-corrected chi connectivity index (χ4v) is 1.90. The maximum atomic E-state index is 11.8. The zero-order valence-electron chi connectivity index (χ0n) is 13.0. The second-order valence-electron chi connectivity index (χ2n) is 5.62. The molecule has 0 aromatic rings. The second-order valence-corrected chi connectivity index (χ2v) is 10.4. The van der Waals surface area contributed by atoms with Crippen LogP contribution in [0, 0.1) is 18.1 Å². The van der Waals surface area contributed by atoms with Crippen LogP contribution in [0.15, 0.2) is 0 Å². The quantitative estimate of drug-likeness (QED) is 0.415. The molecule has 0 radical (unpaired) electrons. The van der Waals surface area contributed by atoms with Crippen LogP contribution in [0.2, 0.25) is 19.6 Å². The Kier molecular flexibility index (Phi) is 9.47. The van der Waals surface area contributed by atoms with E-state index in [9.17, 15) is 4.79 Å². The molecule has 0 heterocycles. The number of amides is 1. The van der Waals surface area contributed by atoms with Crippen molar-refractivity contribution in [3.05, 3.63) is 6.61 Å². The van der Waals surface area contributed by atoms with Gasteiger partial charge in [0.25, 0.3) is 0 Å². The second kappa shape index (κ2) is 8.59. The van der Waals surface area contributed by atoms with E-state index in [0.29, 0.717) is 0 Å². The van der Waals surface area contributed by atoms with Crippen molar-refractivity contribution in [1.82, 2.24) is 4.90 Å². The van der Waals surface area contributed by atoms with Gasteiger partial charge in [0, 0.05) is 20.2 Å². The van der Waals surface area contributed by atoms with E-state index in [0.717, 1.165) is 0 Å². The van der Waals surface area contributed by atoms with Crippen LogP contribution >= 0.6 is 0 Å². The topological polar surface area (TPSA) is 29.5 Å². The summed E-state index contributed by atoms with van der Waals surface area (Å²) in [4.78, 5) is 13.5. The molecule has 0 N–H and O–H groups in total. The van der Waals surface area contributed by atoms with Gasteiger partial charge in [-0.15, -0.1) is 0 Å². The molecule has 5 heteroatoms. The molecule has 0 aliphatic carbocycles. The van der Waals surface area contributed by atoms with E-state index >= 15 is 0 Å². The molecule has 0 bridgehead atoms. The molecule has 0 aromatic carbocycles. The summed E-state index contributed by atoms with van der Waals surface area (Å²) in [6, 6.07) is 0.252. The third-order valence-corrected chi connectivity index (χ3v) is 2.88. The van der Waals surface area contributed by atoms with Crippen LogP contribution in [-0.4, -0.2) is 31.2 Å². The minimum atomic E-state index is -1.40. The van der Waals surface area contributed by atoms with Crippen LogP contribution in [0.4, 0.5) is 4.79 Å². The van der Waals surface area contributed by atoms with E-state index < -0.39 is 8.07 Å². The summed E-state index contributed by atoms with van der Waals surface area (Å²) in [7, 11) is -1.40. The Balaban J connectivity index is 0. The predicted molar refractivity (Wildman–Crippen MR) is 74.0 cm³/mol. The van der Waals surface area contributed by atoms with Crippen LogP contribution in [-0.2, 0) is 4.74 Å². The first kappa shape index (κ1) is 19.8. The number of nitrogens with zero attached hydrogens (tertiary/aromatic N) is 1. The molecule has 0 spiro atoms. The summed E-state index contributed by atoms with van der Waals surface area (Å²) in [5.74, 6) is 2.81. The smallest absolute Gasteiger partial charge is 0.503 e. The van der Waals surface area contributed by atoms with Crippen molar-refractivity contribution in [2.45, 2.75) is 59.4 Å². The van der Waals surface area contributed by atoms with Gasteiger partial charge in [0.05, 0.1) is 0 Å². The maximum absolute atomic E-state index is 11.8. The molecule has 0 aliphatic heterocycles. The first-order valence-corrected chi connectivity index (χ1v) is 9.48. The molecule has 0 unspecified atom stereocenters. The first-order valence-electron chi connectivity index (χ1n) is 5.98. The molecule has 18 heavy (non-hydrogen) atoms. The molecular formula is C13H24LiNO2Si. The molecule has 0 rings (SSSR count). The maximum Gasteiger partial charge on any atom is 1.00 e. The van der Waals surface area contributed by atoms with Crippen molar-refractivity contribution >= 4 is 14.2 Å². The Bertz CT molecular complexity index is 305. The molecular weight excluding hydrogens is 237 g/mol. The Labute approximate surface area is 125 Å². The molecule has 0 aliphatic rings. The standard InChI is InChI=1S/C13H24NO2Si.Li/c1-11(2)14(12(3)4)13(15)16-9-8-10-17(5,6)7;/h9,11-12H,1-7H3;/q-1;+1. The average molecular weight is 261 g/mol. The van der Waals surface area contributed by atoms with Crippen molar-refractivity contribution in [3.63, 3.8) is 0 Å².